The van der Waals surface area contributed by atoms with E-state index in [-0.39, 0.29) is 31.1 Å². The summed E-state index contributed by atoms with van der Waals surface area (Å²) >= 11 is 0. The number of ether oxygens (including phenoxy) is 3. The highest BCUT2D eigenvalue weighted by molar-refractivity contribution is 5.71. The van der Waals surface area contributed by atoms with Crippen LogP contribution in [0.15, 0.2) is 85.1 Å². The molecule has 0 aliphatic rings. The maximum absolute atomic E-state index is 12.7. The van der Waals surface area contributed by atoms with Crippen molar-refractivity contribution < 1.29 is 28.6 Å². The van der Waals surface area contributed by atoms with Gasteiger partial charge in [-0.3, -0.25) is 14.4 Å². The molecule has 0 aliphatic heterocycles. The molecule has 0 bridgehead atoms. The number of hydrogen-bond acceptors (Lipinski definition) is 6. The molecule has 0 aromatic carbocycles. The van der Waals surface area contributed by atoms with Crippen molar-refractivity contribution in [3.63, 3.8) is 0 Å². The van der Waals surface area contributed by atoms with Gasteiger partial charge < -0.3 is 14.2 Å². The maximum atomic E-state index is 12.7. The van der Waals surface area contributed by atoms with Gasteiger partial charge in [-0.05, 0) is 103 Å². The van der Waals surface area contributed by atoms with Crippen molar-refractivity contribution in [2.75, 3.05) is 13.2 Å². The molecule has 0 aliphatic carbocycles. The third-order valence-electron chi connectivity index (χ3n) is 9.63. The van der Waals surface area contributed by atoms with Crippen LogP contribution < -0.4 is 0 Å². The van der Waals surface area contributed by atoms with Crippen LogP contribution in [0.5, 0.6) is 0 Å². The summed E-state index contributed by atoms with van der Waals surface area (Å²) in [6.45, 7) is 6.37. The normalized spacial score (nSPS) is 12.8. The monoisotopic (exact) mass is 807 g/mol. The molecule has 0 N–H and O–H groups in total. The molecule has 58 heavy (non-hydrogen) atoms. The molecule has 6 nitrogen and oxygen atoms in total. The fraction of sp³-hybridized carbons (Fsp3) is 0.673. The lowest BCUT2D eigenvalue weighted by atomic mass is 10.1. The van der Waals surface area contributed by atoms with Crippen molar-refractivity contribution in [1.29, 1.82) is 0 Å². The first kappa shape index (κ1) is 54.6. The Bertz CT molecular complexity index is 1160. The number of carbonyl (C=O) groups excluding carboxylic acids is 3. The minimum Gasteiger partial charge on any atom is -0.462 e. The number of carbonyl (C=O) groups is 3. The van der Waals surface area contributed by atoms with Gasteiger partial charge in [-0.15, -0.1) is 0 Å². The average Bonchev–Trinajstić information content (AvgIpc) is 3.22. The molecule has 0 saturated carbocycles. The van der Waals surface area contributed by atoms with Crippen molar-refractivity contribution in [2.24, 2.45) is 0 Å². The van der Waals surface area contributed by atoms with Crippen LogP contribution in [0.25, 0.3) is 0 Å². The SMILES string of the molecule is CC/C=C\C/C=C\C/C=C\C/C=C\CCCCCC(=O)OCC(COC(=O)CCC/C=C\CCCCCC)OC(=O)CCCCCCCC/C=C\C=C/CCCCC. The molecule has 0 radical (unpaired) electrons. The Balaban J connectivity index is 4.46. The summed E-state index contributed by atoms with van der Waals surface area (Å²) in [4.78, 5) is 37.7. The van der Waals surface area contributed by atoms with Gasteiger partial charge in [0, 0.05) is 19.3 Å². The Morgan fingerprint density at radius 2 is 0.741 bits per heavy atom. The average molecular weight is 807 g/mol. The lowest BCUT2D eigenvalue weighted by Crippen LogP contribution is -2.30. The number of hydrogen-bond donors (Lipinski definition) is 0. The lowest BCUT2D eigenvalue weighted by Gasteiger charge is -2.18. The van der Waals surface area contributed by atoms with Gasteiger partial charge in [-0.1, -0.05) is 170 Å². The van der Waals surface area contributed by atoms with Crippen LogP contribution in [0.4, 0.5) is 0 Å². The van der Waals surface area contributed by atoms with E-state index in [2.05, 4.69) is 106 Å². The molecular formula is C52H86O6. The zero-order valence-corrected chi connectivity index (χ0v) is 37.5. The van der Waals surface area contributed by atoms with Crippen LogP contribution >= 0.6 is 0 Å². The second-order valence-corrected chi connectivity index (χ2v) is 15.3. The quantitative estimate of drug-likeness (QED) is 0.0201. The number of allylic oxidation sites excluding steroid dienone is 14. The summed E-state index contributed by atoms with van der Waals surface area (Å²) in [5, 5.41) is 0. The van der Waals surface area contributed by atoms with Gasteiger partial charge in [-0.2, -0.15) is 0 Å². The molecule has 330 valence electrons. The van der Waals surface area contributed by atoms with Crippen molar-refractivity contribution >= 4 is 17.9 Å². The summed E-state index contributed by atoms with van der Waals surface area (Å²) in [6.07, 6.45) is 58.6. The number of esters is 3. The van der Waals surface area contributed by atoms with E-state index in [1.165, 1.54) is 64.2 Å². The molecule has 0 saturated heterocycles. The molecule has 0 amide bonds. The van der Waals surface area contributed by atoms with E-state index in [1.807, 2.05) is 0 Å². The second-order valence-electron chi connectivity index (χ2n) is 15.3. The fourth-order valence-electron chi connectivity index (χ4n) is 6.07. The molecule has 0 aromatic heterocycles. The van der Waals surface area contributed by atoms with Crippen molar-refractivity contribution in [1.82, 2.24) is 0 Å². The van der Waals surface area contributed by atoms with Crippen LogP contribution in [0.2, 0.25) is 0 Å². The highest BCUT2D eigenvalue weighted by atomic mass is 16.6. The Morgan fingerprint density at radius 1 is 0.379 bits per heavy atom. The van der Waals surface area contributed by atoms with Gasteiger partial charge >= 0.3 is 17.9 Å². The predicted octanol–water partition coefficient (Wildman–Crippen LogP) is 15.3. The lowest BCUT2D eigenvalue weighted by molar-refractivity contribution is -0.167. The van der Waals surface area contributed by atoms with E-state index in [0.29, 0.717) is 25.7 Å². The zero-order chi connectivity index (χ0) is 42.3. The summed E-state index contributed by atoms with van der Waals surface area (Å²) in [5.41, 5.74) is 0. The standard InChI is InChI=1S/C52H86O6/c1-4-7-10-13-16-19-21-23-25-27-28-30-33-36-39-42-45-51(54)57-48-49(47-56-50(53)44-41-38-35-32-18-15-12-9-6-3)58-52(55)46-43-40-37-34-31-29-26-24-22-20-17-14-11-8-5-2/h7,10,16-17,19-20,22-25,28,30,32,35,49H,4-6,8-9,11-15,18,21,26-27,29,31,33-34,36-48H2,1-3H3/b10-7-,19-16-,20-17-,24-22-,25-23-,30-28-,35-32-. The number of rotatable bonds is 41. The fourth-order valence-corrected chi connectivity index (χ4v) is 6.07. The molecule has 0 aromatic rings. The summed E-state index contributed by atoms with van der Waals surface area (Å²) in [5.74, 6) is -0.990. The minimum absolute atomic E-state index is 0.107. The second kappa shape index (κ2) is 46.3. The van der Waals surface area contributed by atoms with Crippen molar-refractivity contribution in [2.45, 2.75) is 213 Å². The molecule has 0 heterocycles. The van der Waals surface area contributed by atoms with Crippen LogP contribution in [0, 0.1) is 0 Å². The van der Waals surface area contributed by atoms with E-state index < -0.39 is 6.10 Å². The van der Waals surface area contributed by atoms with E-state index in [1.54, 1.807) is 0 Å². The van der Waals surface area contributed by atoms with Crippen LogP contribution in [-0.2, 0) is 28.6 Å². The van der Waals surface area contributed by atoms with Gasteiger partial charge in [0.25, 0.3) is 0 Å². The third-order valence-corrected chi connectivity index (χ3v) is 9.63. The Kier molecular flexibility index (Phi) is 43.6. The van der Waals surface area contributed by atoms with Gasteiger partial charge in [0.1, 0.15) is 13.2 Å². The summed E-state index contributed by atoms with van der Waals surface area (Å²) in [6, 6.07) is 0. The smallest absolute Gasteiger partial charge is 0.306 e. The molecule has 1 unspecified atom stereocenters. The first-order chi connectivity index (χ1) is 28.5. The van der Waals surface area contributed by atoms with Crippen LogP contribution in [-0.4, -0.2) is 37.2 Å². The topological polar surface area (TPSA) is 78.9 Å². The zero-order valence-electron chi connectivity index (χ0n) is 37.5. The third kappa shape index (κ3) is 43.7. The molecule has 0 spiro atoms. The van der Waals surface area contributed by atoms with E-state index in [9.17, 15) is 14.4 Å². The summed E-state index contributed by atoms with van der Waals surface area (Å²) in [7, 11) is 0. The largest absolute Gasteiger partial charge is 0.462 e. The van der Waals surface area contributed by atoms with Gasteiger partial charge in [-0.25, -0.2) is 0 Å². The molecule has 0 fully saturated rings. The summed E-state index contributed by atoms with van der Waals surface area (Å²) < 4.78 is 16.6. The number of unbranched alkanes of at least 4 members (excludes halogenated alkanes) is 17. The first-order valence-corrected chi connectivity index (χ1v) is 23.6. The minimum atomic E-state index is -0.805. The van der Waals surface area contributed by atoms with E-state index >= 15 is 0 Å². The molecule has 0 rings (SSSR count). The van der Waals surface area contributed by atoms with Gasteiger partial charge in [0.2, 0.25) is 0 Å². The highest BCUT2D eigenvalue weighted by Crippen LogP contribution is 2.12. The van der Waals surface area contributed by atoms with Crippen LogP contribution in [0.3, 0.4) is 0 Å². The van der Waals surface area contributed by atoms with E-state index in [0.717, 1.165) is 96.3 Å². The van der Waals surface area contributed by atoms with E-state index in [4.69, 9.17) is 14.2 Å². The van der Waals surface area contributed by atoms with Crippen molar-refractivity contribution in [3.05, 3.63) is 85.1 Å². The van der Waals surface area contributed by atoms with Gasteiger partial charge in [0.15, 0.2) is 6.10 Å². The molecule has 1 atom stereocenters. The predicted molar refractivity (Wildman–Crippen MR) is 247 cm³/mol. The molecular weight excluding hydrogens is 721 g/mol. The van der Waals surface area contributed by atoms with Gasteiger partial charge in [0.05, 0.1) is 0 Å². The van der Waals surface area contributed by atoms with Crippen molar-refractivity contribution in [3.8, 4) is 0 Å². The Hall–Kier alpha value is -3.41. The Labute approximate surface area is 356 Å². The first-order valence-electron chi connectivity index (χ1n) is 23.6. The molecule has 6 heteroatoms. The highest BCUT2D eigenvalue weighted by Gasteiger charge is 2.19. The van der Waals surface area contributed by atoms with Crippen LogP contribution in [0.1, 0.15) is 207 Å². The maximum Gasteiger partial charge on any atom is 0.306 e. The Morgan fingerprint density at radius 3 is 1.29 bits per heavy atom.